The van der Waals surface area contributed by atoms with Crippen molar-refractivity contribution < 1.29 is 18.7 Å². The first kappa shape index (κ1) is 18.8. The second-order valence-corrected chi connectivity index (χ2v) is 6.17. The van der Waals surface area contributed by atoms with Gasteiger partial charge in [-0.25, -0.2) is 4.39 Å². The number of benzene rings is 2. The normalized spacial score (nSPS) is 10.2. The lowest BCUT2D eigenvalue weighted by Crippen LogP contribution is -2.15. The van der Waals surface area contributed by atoms with Gasteiger partial charge in [-0.05, 0) is 49.4 Å². The van der Waals surface area contributed by atoms with E-state index in [0.29, 0.717) is 12.3 Å². The number of rotatable bonds is 7. The van der Waals surface area contributed by atoms with Crippen molar-refractivity contribution in [3.8, 4) is 5.75 Å². The summed E-state index contributed by atoms with van der Waals surface area (Å²) in [5, 5.41) is 5.06. The number of halogens is 1. The molecule has 0 heterocycles. The van der Waals surface area contributed by atoms with Gasteiger partial charge in [0, 0.05) is 17.5 Å². The Morgan fingerprint density at radius 1 is 1.12 bits per heavy atom. The monoisotopic (exact) mass is 362 g/mol. The second kappa shape index (κ2) is 9.08. The molecule has 0 atom stereocenters. The van der Waals surface area contributed by atoms with Gasteiger partial charge in [0.2, 0.25) is 11.8 Å². The van der Waals surface area contributed by atoms with Crippen LogP contribution in [0.5, 0.6) is 5.75 Å². The van der Waals surface area contributed by atoms with Gasteiger partial charge in [-0.1, -0.05) is 0 Å². The molecule has 2 aromatic rings. The van der Waals surface area contributed by atoms with Crippen molar-refractivity contribution in [2.45, 2.75) is 18.7 Å². The van der Waals surface area contributed by atoms with Crippen molar-refractivity contribution in [3.63, 3.8) is 0 Å². The van der Waals surface area contributed by atoms with Gasteiger partial charge in [0.05, 0.1) is 18.0 Å². The summed E-state index contributed by atoms with van der Waals surface area (Å²) in [6.07, 6.45) is 0. The van der Waals surface area contributed by atoms with Gasteiger partial charge in [0.25, 0.3) is 0 Å². The van der Waals surface area contributed by atoms with Gasteiger partial charge >= 0.3 is 0 Å². The smallest absolute Gasteiger partial charge is 0.234 e. The number of hydrogen-bond donors (Lipinski definition) is 2. The molecule has 5 nitrogen and oxygen atoms in total. The summed E-state index contributed by atoms with van der Waals surface area (Å²) in [5.74, 6) is -0.168. The van der Waals surface area contributed by atoms with Crippen molar-refractivity contribution >= 4 is 35.0 Å². The van der Waals surface area contributed by atoms with Crippen LogP contribution in [-0.4, -0.2) is 24.2 Å². The third kappa shape index (κ3) is 6.11. The van der Waals surface area contributed by atoms with Gasteiger partial charge in [-0.2, -0.15) is 0 Å². The summed E-state index contributed by atoms with van der Waals surface area (Å²) < 4.78 is 18.9. The van der Waals surface area contributed by atoms with Crippen LogP contribution in [0.4, 0.5) is 15.8 Å². The lowest BCUT2D eigenvalue weighted by atomic mass is 10.2. The molecule has 0 radical (unpaired) electrons. The first-order valence-electron chi connectivity index (χ1n) is 7.70. The number of nitrogens with one attached hydrogen (secondary N) is 2. The molecule has 0 saturated carbocycles. The average molecular weight is 362 g/mol. The lowest BCUT2D eigenvalue weighted by molar-refractivity contribution is -0.114. The molecule has 0 fully saturated rings. The Labute approximate surface area is 150 Å². The molecule has 132 valence electrons. The molecule has 0 aliphatic heterocycles. The zero-order chi connectivity index (χ0) is 18.2. The van der Waals surface area contributed by atoms with Gasteiger partial charge in [-0.15, -0.1) is 11.8 Å². The standard InChI is InChI=1S/C18H19FN2O3S/c1-3-24-14-5-7-15(8-6-14)25-11-18(23)21-13-4-9-16(19)17(10-13)20-12(2)22/h4-10H,3,11H2,1-2H3,(H,20,22)(H,21,23). The average Bonchev–Trinajstić information content (AvgIpc) is 2.57. The molecule has 7 heteroatoms. The fraction of sp³-hybridized carbons (Fsp3) is 0.222. The Morgan fingerprint density at radius 2 is 1.84 bits per heavy atom. The predicted octanol–water partition coefficient (Wildman–Crippen LogP) is 3.91. The minimum Gasteiger partial charge on any atom is -0.494 e. The minimum atomic E-state index is -0.558. The van der Waals surface area contributed by atoms with Crippen LogP contribution < -0.4 is 15.4 Å². The molecular formula is C18H19FN2O3S. The number of carbonyl (C=O) groups is 2. The van der Waals surface area contributed by atoms with Crippen molar-refractivity contribution in [2.24, 2.45) is 0 Å². The van der Waals surface area contributed by atoms with Gasteiger partial charge in [0.1, 0.15) is 11.6 Å². The quantitative estimate of drug-likeness (QED) is 0.733. The fourth-order valence-corrected chi connectivity index (χ4v) is 2.73. The van der Waals surface area contributed by atoms with Crippen molar-refractivity contribution in [2.75, 3.05) is 23.0 Å². The van der Waals surface area contributed by atoms with E-state index in [4.69, 9.17) is 4.74 Å². The summed E-state index contributed by atoms with van der Waals surface area (Å²) in [6.45, 7) is 3.81. The Bertz CT molecular complexity index is 750. The summed E-state index contributed by atoms with van der Waals surface area (Å²) in [7, 11) is 0. The van der Waals surface area contributed by atoms with E-state index in [0.717, 1.165) is 10.6 Å². The van der Waals surface area contributed by atoms with Crippen LogP contribution in [0.1, 0.15) is 13.8 Å². The summed E-state index contributed by atoms with van der Waals surface area (Å²) in [6, 6.07) is 11.5. The molecule has 0 aliphatic carbocycles. The van der Waals surface area contributed by atoms with Gasteiger partial charge in [0.15, 0.2) is 0 Å². The fourth-order valence-electron chi connectivity index (χ4n) is 2.03. The molecule has 0 unspecified atom stereocenters. The summed E-state index contributed by atoms with van der Waals surface area (Å²) >= 11 is 1.38. The summed E-state index contributed by atoms with van der Waals surface area (Å²) in [4.78, 5) is 24.0. The van der Waals surface area contributed by atoms with Gasteiger partial charge < -0.3 is 15.4 Å². The van der Waals surface area contributed by atoms with E-state index in [9.17, 15) is 14.0 Å². The molecule has 2 amide bonds. The van der Waals surface area contributed by atoms with E-state index in [-0.39, 0.29) is 23.3 Å². The first-order valence-corrected chi connectivity index (χ1v) is 8.69. The minimum absolute atomic E-state index is 0.0319. The molecule has 0 spiro atoms. The number of ether oxygens (including phenoxy) is 1. The maximum absolute atomic E-state index is 13.6. The largest absolute Gasteiger partial charge is 0.494 e. The van der Waals surface area contributed by atoms with E-state index < -0.39 is 5.82 Å². The van der Waals surface area contributed by atoms with E-state index in [2.05, 4.69) is 10.6 Å². The van der Waals surface area contributed by atoms with Crippen LogP contribution >= 0.6 is 11.8 Å². The molecule has 0 saturated heterocycles. The van der Waals surface area contributed by atoms with Crippen LogP contribution in [-0.2, 0) is 9.59 Å². The van der Waals surface area contributed by atoms with Crippen molar-refractivity contribution in [1.82, 2.24) is 0 Å². The third-order valence-corrected chi connectivity index (χ3v) is 4.08. The Morgan fingerprint density at radius 3 is 2.48 bits per heavy atom. The molecular weight excluding hydrogens is 343 g/mol. The molecule has 0 aliphatic rings. The Kier molecular flexibility index (Phi) is 6.82. The van der Waals surface area contributed by atoms with Gasteiger partial charge in [-0.3, -0.25) is 9.59 Å². The first-order chi connectivity index (χ1) is 12.0. The molecule has 0 aromatic heterocycles. The highest BCUT2D eigenvalue weighted by atomic mass is 32.2. The van der Waals surface area contributed by atoms with Crippen molar-refractivity contribution in [3.05, 3.63) is 48.3 Å². The molecule has 2 N–H and O–H groups in total. The van der Waals surface area contributed by atoms with Crippen LogP contribution in [0.3, 0.4) is 0 Å². The molecule has 2 aromatic carbocycles. The maximum Gasteiger partial charge on any atom is 0.234 e. The van der Waals surface area contributed by atoms with Crippen molar-refractivity contribution in [1.29, 1.82) is 0 Å². The van der Waals surface area contributed by atoms with E-state index in [1.807, 2.05) is 31.2 Å². The number of anilines is 2. The highest BCUT2D eigenvalue weighted by molar-refractivity contribution is 8.00. The predicted molar refractivity (Wildman–Crippen MR) is 97.7 cm³/mol. The van der Waals surface area contributed by atoms with E-state index in [1.165, 1.54) is 36.9 Å². The highest BCUT2D eigenvalue weighted by Crippen LogP contribution is 2.23. The second-order valence-electron chi connectivity index (χ2n) is 5.12. The lowest BCUT2D eigenvalue weighted by Gasteiger charge is -2.09. The van der Waals surface area contributed by atoms with Crippen LogP contribution in [0.2, 0.25) is 0 Å². The third-order valence-electron chi connectivity index (χ3n) is 3.07. The highest BCUT2D eigenvalue weighted by Gasteiger charge is 2.08. The topological polar surface area (TPSA) is 67.4 Å². The molecule has 25 heavy (non-hydrogen) atoms. The SMILES string of the molecule is CCOc1ccc(SCC(=O)Nc2ccc(F)c(NC(C)=O)c2)cc1. The zero-order valence-electron chi connectivity index (χ0n) is 14.0. The van der Waals surface area contributed by atoms with Crippen LogP contribution in [0.15, 0.2) is 47.4 Å². The van der Waals surface area contributed by atoms with E-state index in [1.54, 1.807) is 0 Å². The van der Waals surface area contributed by atoms with Crippen LogP contribution in [0.25, 0.3) is 0 Å². The molecule has 2 rings (SSSR count). The number of carbonyl (C=O) groups excluding carboxylic acids is 2. The number of hydrogen-bond acceptors (Lipinski definition) is 4. The zero-order valence-corrected chi connectivity index (χ0v) is 14.8. The number of thioether (sulfide) groups is 1. The number of amides is 2. The Balaban J connectivity index is 1.90. The maximum atomic E-state index is 13.6. The van der Waals surface area contributed by atoms with Crippen LogP contribution in [0, 0.1) is 5.82 Å². The van der Waals surface area contributed by atoms with E-state index >= 15 is 0 Å². The Hall–Kier alpha value is -2.54. The molecule has 0 bridgehead atoms. The summed E-state index contributed by atoms with van der Waals surface area (Å²) in [5.41, 5.74) is 0.451.